The van der Waals surface area contributed by atoms with Crippen molar-refractivity contribution in [3.8, 4) is 0 Å². The third-order valence-electron chi connectivity index (χ3n) is 5.32. The van der Waals surface area contributed by atoms with E-state index in [0.29, 0.717) is 32.1 Å². The fraction of sp³-hybridized carbons (Fsp3) is 0.450. The lowest BCUT2D eigenvalue weighted by atomic mass is 10.2. The predicted octanol–water partition coefficient (Wildman–Crippen LogP) is 1.93. The quantitative estimate of drug-likeness (QED) is 0.603. The van der Waals surface area contributed by atoms with Gasteiger partial charge in [0.2, 0.25) is 15.9 Å². The molecule has 2 heterocycles. The van der Waals surface area contributed by atoms with Crippen LogP contribution in [0, 0.1) is 0 Å². The van der Waals surface area contributed by atoms with Gasteiger partial charge >= 0.3 is 0 Å². The summed E-state index contributed by atoms with van der Waals surface area (Å²) in [6, 6.07) is 9.32. The summed E-state index contributed by atoms with van der Waals surface area (Å²) in [4.78, 5) is 14.3. The first-order chi connectivity index (χ1) is 14.4. The predicted molar refractivity (Wildman–Crippen MR) is 116 cm³/mol. The van der Waals surface area contributed by atoms with E-state index in [1.807, 2.05) is 41.9 Å². The van der Waals surface area contributed by atoms with E-state index in [-0.39, 0.29) is 11.7 Å². The van der Waals surface area contributed by atoms with Gasteiger partial charge in [-0.15, -0.1) is 10.2 Å². The molecule has 2 aliphatic rings. The van der Waals surface area contributed by atoms with Crippen molar-refractivity contribution in [3.63, 3.8) is 0 Å². The topological polar surface area (TPSA) is 88.4 Å². The van der Waals surface area contributed by atoms with Crippen LogP contribution in [0.3, 0.4) is 0 Å². The van der Waals surface area contributed by atoms with E-state index in [4.69, 9.17) is 0 Å². The molecule has 1 aromatic carbocycles. The summed E-state index contributed by atoms with van der Waals surface area (Å²) in [5.74, 6) is 1.77. The zero-order valence-electron chi connectivity index (χ0n) is 16.8. The van der Waals surface area contributed by atoms with Crippen LogP contribution < -0.4 is 0 Å². The molecule has 1 saturated carbocycles. The number of nitrogens with zero attached hydrogens (tertiary/aromatic N) is 5. The van der Waals surface area contributed by atoms with Crippen molar-refractivity contribution in [1.82, 2.24) is 24.0 Å². The van der Waals surface area contributed by atoms with Crippen molar-refractivity contribution in [3.05, 3.63) is 47.1 Å². The molecular formula is C20H25N5O3S2. The van der Waals surface area contributed by atoms with Gasteiger partial charge in [-0.05, 0) is 24.5 Å². The average molecular weight is 448 g/mol. The number of carbonyl (C=O) groups excluding carboxylic acids is 1. The Balaban J connectivity index is 1.27. The highest BCUT2D eigenvalue weighted by Crippen LogP contribution is 2.39. The molecule has 1 aliphatic heterocycles. The number of thioether (sulfide) groups is 1. The summed E-state index contributed by atoms with van der Waals surface area (Å²) in [6.45, 7) is 1.38. The lowest BCUT2D eigenvalue weighted by Crippen LogP contribution is -2.50. The van der Waals surface area contributed by atoms with Crippen LogP contribution in [0.5, 0.6) is 0 Å². The van der Waals surface area contributed by atoms with Gasteiger partial charge in [-0.2, -0.15) is 4.31 Å². The van der Waals surface area contributed by atoms with E-state index in [1.54, 1.807) is 11.0 Å². The first-order valence-electron chi connectivity index (χ1n) is 9.97. The van der Waals surface area contributed by atoms with Crippen molar-refractivity contribution in [2.75, 3.05) is 31.9 Å². The second-order valence-corrected chi connectivity index (χ2v) is 10.3. The van der Waals surface area contributed by atoms with Crippen LogP contribution in [0.4, 0.5) is 0 Å². The van der Waals surface area contributed by atoms with Crippen LogP contribution >= 0.6 is 11.8 Å². The van der Waals surface area contributed by atoms with Gasteiger partial charge in [0, 0.05) is 44.6 Å². The minimum Gasteiger partial charge on any atom is -0.339 e. The maximum atomic E-state index is 12.6. The van der Waals surface area contributed by atoms with Crippen LogP contribution in [0.2, 0.25) is 0 Å². The Labute approximate surface area is 181 Å². The molecule has 30 heavy (non-hydrogen) atoms. The van der Waals surface area contributed by atoms with Crippen LogP contribution in [-0.4, -0.2) is 70.2 Å². The fourth-order valence-corrected chi connectivity index (χ4v) is 5.37. The third-order valence-corrected chi connectivity index (χ3v) is 7.89. The molecule has 1 aliphatic carbocycles. The molecule has 0 atom stereocenters. The number of hydrogen-bond donors (Lipinski definition) is 0. The molecule has 0 radical (unpaired) electrons. The van der Waals surface area contributed by atoms with Crippen molar-refractivity contribution < 1.29 is 13.2 Å². The molecule has 160 valence electrons. The van der Waals surface area contributed by atoms with Crippen molar-refractivity contribution >= 4 is 33.8 Å². The van der Waals surface area contributed by atoms with Gasteiger partial charge in [-0.25, -0.2) is 8.42 Å². The number of sulfonamides is 1. The number of carbonyl (C=O) groups is 1. The van der Waals surface area contributed by atoms with Crippen LogP contribution in [0.25, 0.3) is 6.08 Å². The molecular weight excluding hydrogens is 422 g/mol. The summed E-state index contributed by atoms with van der Waals surface area (Å²) in [5, 5.41) is 10.4. The lowest BCUT2D eigenvalue weighted by molar-refractivity contribution is -0.129. The molecule has 10 heteroatoms. The summed E-state index contributed by atoms with van der Waals surface area (Å²) in [7, 11) is -1.57. The smallest absolute Gasteiger partial charge is 0.236 e. The van der Waals surface area contributed by atoms with Crippen LogP contribution in [-0.2, 0) is 21.9 Å². The number of hydrogen-bond acceptors (Lipinski definition) is 6. The molecule has 0 N–H and O–H groups in total. The Hall–Kier alpha value is -2.17. The Morgan fingerprint density at radius 1 is 1.13 bits per heavy atom. The molecule has 0 bridgehead atoms. The van der Waals surface area contributed by atoms with Crippen molar-refractivity contribution in [1.29, 1.82) is 0 Å². The largest absolute Gasteiger partial charge is 0.339 e. The highest BCUT2D eigenvalue weighted by atomic mass is 32.2. The van der Waals surface area contributed by atoms with Gasteiger partial charge in [0.25, 0.3) is 0 Å². The molecule has 1 aromatic heterocycles. The van der Waals surface area contributed by atoms with Gasteiger partial charge in [0.15, 0.2) is 5.16 Å². The van der Waals surface area contributed by atoms with E-state index < -0.39 is 10.0 Å². The first kappa shape index (κ1) is 21.1. The Kier molecular flexibility index (Phi) is 6.26. The molecule has 4 rings (SSSR count). The summed E-state index contributed by atoms with van der Waals surface area (Å²) in [5.41, 5.74) is 0.834. The number of amides is 1. The van der Waals surface area contributed by atoms with E-state index in [9.17, 15) is 13.2 Å². The molecule has 2 aromatic rings. The van der Waals surface area contributed by atoms with Gasteiger partial charge in [-0.3, -0.25) is 4.79 Å². The minimum atomic E-state index is -3.50. The van der Waals surface area contributed by atoms with E-state index in [2.05, 4.69) is 10.2 Å². The van der Waals surface area contributed by atoms with Gasteiger partial charge in [0.1, 0.15) is 5.82 Å². The number of benzene rings is 1. The van der Waals surface area contributed by atoms with Gasteiger partial charge in [-0.1, -0.05) is 42.1 Å². The van der Waals surface area contributed by atoms with E-state index >= 15 is 0 Å². The zero-order chi connectivity index (χ0) is 21.1. The lowest BCUT2D eigenvalue weighted by Gasteiger charge is -2.33. The van der Waals surface area contributed by atoms with Crippen LogP contribution in [0.15, 0.2) is 40.9 Å². The van der Waals surface area contributed by atoms with Gasteiger partial charge in [0.05, 0.1) is 5.75 Å². The molecule has 2 fully saturated rings. The Morgan fingerprint density at radius 3 is 2.50 bits per heavy atom. The Morgan fingerprint density at radius 2 is 1.83 bits per heavy atom. The normalized spacial score (nSPS) is 18.2. The van der Waals surface area contributed by atoms with E-state index in [1.165, 1.54) is 21.5 Å². The second-order valence-electron chi connectivity index (χ2n) is 7.50. The molecule has 0 unspecified atom stereocenters. The maximum Gasteiger partial charge on any atom is 0.236 e. The SMILES string of the molecule is Cn1c(SCC(=O)N2CCN(S(=O)(=O)/C=C/c3ccccc3)CC2)nnc1C1CC1. The molecule has 1 saturated heterocycles. The van der Waals surface area contributed by atoms with E-state index in [0.717, 1.165) is 29.4 Å². The third kappa shape index (κ3) is 4.93. The van der Waals surface area contributed by atoms with Crippen molar-refractivity contribution in [2.45, 2.75) is 23.9 Å². The average Bonchev–Trinajstić information content (AvgIpc) is 3.54. The van der Waals surface area contributed by atoms with Crippen LogP contribution in [0.1, 0.15) is 30.1 Å². The number of rotatable bonds is 7. The Bertz CT molecular complexity index is 1020. The molecule has 0 spiro atoms. The second kappa shape index (κ2) is 8.91. The minimum absolute atomic E-state index is 0.00662. The summed E-state index contributed by atoms with van der Waals surface area (Å²) in [6.07, 6.45) is 3.91. The fourth-order valence-electron chi connectivity index (χ4n) is 3.37. The highest BCUT2D eigenvalue weighted by Gasteiger charge is 2.30. The van der Waals surface area contributed by atoms with Crippen molar-refractivity contribution in [2.24, 2.45) is 7.05 Å². The number of piperazine rings is 1. The monoisotopic (exact) mass is 447 g/mol. The summed E-state index contributed by atoms with van der Waals surface area (Å²) >= 11 is 1.38. The summed E-state index contributed by atoms with van der Waals surface area (Å²) < 4.78 is 28.5. The first-order valence-corrected chi connectivity index (χ1v) is 12.5. The van der Waals surface area contributed by atoms with Gasteiger partial charge < -0.3 is 9.47 Å². The standard InChI is InChI=1S/C20H25N5O3S2/c1-23-19(17-7-8-17)21-22-20(23)29-15-18(26)24-10-12-25(13-11-24)30(27,28)14-9-16-5-3-2-4-6-16/h2-6,9,14,17H,7-8,10-13,15H2,1H3/b14-9+. The highest BCUT2D eigenvalue weighted by molar-refractivity contribution is 7.99. The number of aromatic nitrogens is 3. The maximum absolute atomic E-state index is 12.6. The molecule has 1 amide bonds. The zero-order valence-corrected chi connectivity index (χ0v) is 18.5. The molecule has 8 nitrogen and oxygen atoms in total.